The third-order valence-corrected chi connectivity index (χ3v) is 1.06. The quantitative estimate of drug-likeness (QED) is 0.469. The van der Waals surface area contributed by atoms with Crippen LogP contribution in [-0.4, -0.2) is 0 Å². The van der Waals surface area contributed by atoms with Gasteiger partial charge in [-0.25, -0.2) is 0 Å². The minimum absolute atomic E-state index is 0.333. The number of rotatable bonds is 1. The highest BCUT2D eigenvalue weighted by molar-refractivity contribution is 5.06. The molecule has 0 aromatic rings. The highest BCUT2D eigenvalue weighted by Gasteiger charge is 2.14. The van der Waals surface area contributed by atoms with Gasteiger partial charge in [0.25, 0.3) is 0 Å². The van der Waals surface area contributed by atoms with Crippen LogP contribution in [0.2, 0.25) is 0 Å². The van der Waals surface area contributed by atoms with Gasteiger partial charge >= 0.3 is 0 Å². The monoisotopic (exact) mass is 96.1 g/mol. The zero-order valence-corrected chi connectivity index (χ0v) is 5.12. The predicted molar refractivity (Wildman–Crippen MR) is 33.1 cm³/mol. The van der Waals surface area contributed by atoms with Gasteiger partial charge in [-0.15, -0.1) is 0 Å². The smallest absolute Gasteiger partial charge is 0.0240 e. The standard InChI is InChI=1S/C7H12/c1-6(2)7(3,4)5/h3-5H2,1-2H3. The van der Waals surface area contributed by atoms with Crippen LogP contribution in [0.25, 0.3) is 0 Å². The molecule has 0 aromatic heterocycles. The van der Waals surface area contributed by atoms with Crippen LogP contribution in [0.15, 0.2) is 0 Å². The summed E-state index contributed by atoms with van der Waals surface area (Å²) in [5.41, 5.74) is -0.333. The van der Waals surface area contributed by atoms with Gasteiger partial charge in [-0.1, -0.05) is 13.8 Å². The van der Waals surface area contributed by atoms with Gasteiger partial charge in [-0.3, -0.25) is 0 Å². The lowest BCUT2D eigenvalue weighted by atomic mass is 9.84. The second kappa shape index (κ2) is 1.85. The molecule has 0 N–H and O–H groups in total. The van der Waals surface area contributed by atoms with E-state index in [1.165, 1.54) is 0 Å². The SMILES string of the molecule is [CH2]C([CH2])([CH2])[C](C)C. The van der Waals surface area contributed by atoms with E-state index in [1.54, 1.807) is 0 Å². The fourth-order valence-corrected chi connectivity index (χ4v) is 0. The number of hydrogen-bond acceptors (Lipinski definition) is 0. The lowest BCUT2D eigenvalue weighted by molar-refractivity contribution is 0.635. The Bertz CT molecular complexity index is 45.5. The summed E-state index contributed by atoms with van der Waals surface area (Å²) in [7, 11) is 0. The molecular weight excluding hydrogens is 84.1 g/mol. The first kappa shape index (κ1) is 7.00. The molecule has 0 aliphatic rings. The van der Waals surface area contributed by atoms with Gasteiger partial charge in [0.2, 0.25) is 0 Å². The molecule has 0 aliphatic carbocycles. The van der Waals surface area contributed by atoms with E-state index >= 15 is 0 Å². The first-order chi connectivity index (χ1) is 2.94. The van der Waals surface area contributed by atoms with Crippen LogP contribution in [0, 0.1) is 32.1 Å². The van der Waals surface area contributed by atoms with Crippen LogP contribution < -0.4 is 0 Å². The third kappa shape index (κ3) is 2.67. The molecule has 0 aliphatic heterocycles. The van der Waals surface area contributed by atoms with Crippen LogP contribution >= 0.6 is 0 Å². The molecule has 0 nitrogen and oxygen atoms in total. The molecule has 40 valence electrons. The minimum atomic E-state index is -0.333. The van der Waals surface area contributed by atoms with Gasteiger partial charge in [0.15, 0.2) is 0 Å². The molecule has 4 radical (unpaired) electrons. The maximum Gasteiger partial charge on any atom is -0.0240 e. The Balaban J connectivity index is 3.54. The van der Waals surface area contributed by atoms with E-state index in [9.17, 15) is 0 Å². The summed E-state index contributed by atoms with van der Waals surface area (Å²) in [4.78, 5) is 0. The predicted octanol–water partition coefficient (Wildman–Crippen LogP) is 2.09. The van der Waals surface area contributed by atoms with Gasteiger partial charge in [0.05, 0.1) is 0 Å². The zero-order valence-electron chi connectivity index (χ0n) is 5.12. The molecule has 0 rings (SSSR count). The Morgan fingerprint density at radius 1 is 1.14 bits per heavy atom. The first-order valence-corrected chi connectivity index (χ1v) is 2.31. The maximum absolute atomic E-state index is 3.71. The van der Waals surface area contributed by atoms with E-state index in [0.29, 0.717) is 0 Å². The van der Waals surface area contributed by atoms with Gasteiger partial charge in [-0.05, 0) is 32.1 Å². The molecule has 0 fully saturated rings. The summed E-state index contributed by atoms with van der Waals surface area (Å²) in [6.45, 7) is 15.1. The highest BCUT2D eigenvalue weighted by atomic mass is 14.2. The normalized spacial score (nSPS) is 12.9. The second-order valence-corrected chi connectivity index (χ2v) is 2.28. The van der Waals surface area contributed by atoms with Crippen molar-refractivity contribution in [3.8, 4) is 0 Å². The van der Waals surface area contributed by atoms with Gasteiger partial charge in [0, 0.05) is 0 Å². The van der Waals surface area contributed by atoms with Crippen LogP contribution in [0.5, 0.6) is 0 Å². The Morgan fingerprint density at radius 3 is 1.29 bits per heavy atom. The molecule has 0 heteroatoms. The summed E-state index contributed by atoms with van der Waals surface area (Å²) in [5.74, 6) is 1.16. The molecule has 0 amide bonds. The van der Waals surface area contributed by atoms with Crippen LogP contribution in [0.3, 0.4) is 0 Å². The van der Waals surface area contributed by atoms with Crippen molar-refractivity contribution in [1.29, 1.82) is 0 Å². The van der Waals surface area contributed by atoms with Crippen molar-refractivity contribution >= 4 is 0 Å². The molecule has 0 spiro atoms. The Hall–Kier alpha value is 0. The Kier molecular flexibility index (Phi) is 1.85. The Morgan fingerprint density at radius 2 is 1.29 bits per heavy atom. The fraction of sp³-hybridized carbons (Fsp3) is 0.429. The van der Waals surface area contributed by atoms with E-state index in [2.05, 4.69) is 20.8 Å². The van der Waals surface area contributed by atoms with E-state index in [4.69, 9.17) is 0 Å². The molecule has 0 saturated heterocycles. The van der Waals surface area contributed by atoms with Crippen molar-refractivity contribution in [2.45, 2.75) is 13.8 Å². The lowest BCUT2D eigenvalue weighted by Gasteiger charge is -2.21. The summed E-state index contributed by atoms with van der Waals surface area (Å²) >= 11 is 0. The minimum Gasteiger partial charge on any atom is -0.0588 e. The first-order valence-electron chi connectivity index (χ1n) is 2.31. The largest absolute Gasteiger partial charge is 0.0588 e. The van der Waals surface area contributed by atoms with Crippen LogP contribution in [0.1, 0.15) is 13.8 Å². The van der Waals surface area contributed by atoms with Gasteiger partial charge in [0.1, 0.15) is 0 Å². The van der Waals surface area contributed by atoms with Gasteiger partial charge < -0.3 is 0 Å². The summed E-state index contributed by atoms with van der Waals surface area (Å²) in [5, 5.41) is 0. The van der Waals surface area contributed by atoms with E-state index in [1.807, 2.05) is 13.8 Å². The van der Waals surface area contributed by atoms with Crippen molar-refractivity contribution in [1.82, 2.24) is 0 Å². The van der Waals surface area contributed by atoms with Crippen molar-refractivity contribution in [3.63, 3.8) is 0 Å². The van der Waals surface area contributed by atoms with E-state index in [0.717, 1.165) is 5.92 Å². The molecule has 0 saturated carbocycles. The van der Waals surface area contributed by atoms with Crippen molar-refractivity contribution < 1.29 is 0 Å². The van der Waals surface area contributed by atoms with E-state index < -0.39 is 0 Å². The summed E-state index contributed by atoms with van der Waals surface area (Å²) < 4.78 is 0. The number of hydrogen-bond donors (Lipinski definition) is 0. The molecule has 0 bridgehead atoms. The van der Waals surface area contributed by atoms with Crippen LogP contribution in [0.4, 0.5) is 0 Å². The second-order valence-electron chi connectivity index (χ2n) is 2.28. The third-order valence-electron chi connectivity index (χ3n) is 1.06. The maximum atomic E-state index is 3.71. The summed E-state index contributed by atoms with van der Waals surface area (Å²) in [6, 6.07) is 0. The average molecular weight is 96.2 g/mol. The van der Waals surface area contributed by atoms with Crippen molar-refractivity contribution in [3.05, 3.63) is 26.7 Å². The fourth-order valence-electron chi connectivity index (χ4n) is 0. The molecule has 0 unspecified atom stereocenters. The lowest BCUT2D eigenvalue weighted by Crippen LogP contribution is -2.12. The molecule has 0 heterocycles. The highest BCUT2D eigenvalue weighted by Crippen LogP contribution is 2.24. The van der Waals surface area contributed by atoms with Crippen LogP contribution in [-0.2, 0) is 0 Å². The van der Waals surface area contributed by atoms with Crippen molar-refractivity contribution in [2.75, 3.05) is 0 Å². The van der Waals surface area contributed by atoms with E-state index in [-0.39, 0.29) is 5.41 Å². The molecule has 0 atom stereocenters. The van der Waals surface area contributed by atoms with Gasteiger partial charge in [-0.2, -0.15) is 0 Å². The van der Waals surface area contributed by atoms with Crippen molar-refractivity contribution in [2.24, 2.45) is 5.41 Å². The molecule has 7 heavy (non-hydrogen) atoms. The topological polar surface area (TPSA) is 0 Å². The average Bonchev–Trinajstić information content (AvgIpc) is 1.31. The zero-order chi connectivity index (χ0) is 6.08. The Labute approximate surface area is 46.9 Å². The summed E-state index contributed by atoms with van der Waals surface area (Å²) in [6.07, 6.45) is 0. The molecular formula is C7H12. The molecule has 0 aromatic carbocycles.